The summed E-state index contributed by atoms with van der Waals surface area (Å²) in [4.78, 5) is 20.1. The summed E-state index contributed by atoms with van der Waals surface area (Å²) in [5, 5.41) is 2.86. The summed E-state index contributed by atoms with van der Waals surface area (Å²) >= 11 is 1.56. The first-order chi connectivity index (χ1) is 12.3. The number of hydrogen-bond acceptors (Lipinski definition) is 6. The number of pyridine rings is 2. The van der Waals surface area contributed by atoms with E-state index in [9.17, 15) is 0 Å². The predicted molar refractivity (Wildman–Crippen MR) is 103 cm³/mol. The molecule has 0 spiro atoms. The van der Waals surface area contributed by atoms with Crippen LogP contribution >= 0.6 is 11.3 Å². The van der Waals surface area contributed by atoms with Crippen LogP contribution in [0.3, 0.4) is 0 Å². The van der Waals surface area contributed by atoms with E-state index in [2.05, 4.69) is 44.1 Å². The SMILES string of the molecule is C=Nc1nc(C2CCCN(c3cccc(-c4ccccn4)n3)C2)cs1. The van der Waals surface area contributed by atoms with Crippen LogP contribution in [0.4, 0.5) is 10.9 Å². The Labute approximate surface area is 151 Å². The van der Waals surface area contributed by atoms with Gasteiger partial charge in [0.2, 0.25) is 5.13 Å². The van der Waals surface area contributed by atoms with Gasteiger partial charge in [-0.2, -0.15) is 0 Å². The van der Waals surface area contributed by atoms with E-state index in [0.717, 1.165) is 54.0 Å². The highest BCUT2D eigenvalue weighted by Crippen LogP contribution is 2.32. The van der Waals surface area contributed by atoms with Crippen LogP contribution in [-0.2, 0) is 0 Å². The normalized spacial score (nSPS) is 17.4. The van der Waals surface area contributed by atoms with Crippen LogP contribution in [0.25, 0.3) is 11.4 Å². The van der Waals surface area contributed by atoms with Gasteiger partial charge < -0.3 is 4.90 Å². The molecule has 1 unspecified atom stereocenters. The number of rotatable bonds is 4. The van der Waals surface area contributed by atoms with Crippen LogP contribution in [0.15, 0.2) is 53.0 Å². The lowest BCUT2D eigenvalue weighted by molar-refractivity contribution is 0.500. The first kappa shape index (κ1) is 15.9. The van der Waals surface area contributed by atoms with Crippen molar-refractivity contribution in [3.63, 3.8) is 0 Å². The lowest BCUT2D eigenvalue weighted by Gasteiger charge is -2.33. The second-order valence-electron chi connectivity index (χ2n) is 6.09. The predicted octanol–water partition coefficient (Wildman–Crippen LogP) is 4.32. The highest BCUT2D eigenvalue weighted by Gasteiger charge is 2.24. The fourth-order valence-electron chi connectivity index (χ4n) is 3.22. The average Bonchev–Trinajstić information content (AvgIpc) is 3.18. The Bertz CT molecular complexity index is 861. The van der Waals surface area contributed by atoms with E-state index in [4.69, 9.17) is 4.98 Å². The smallest absolute Gasteiger partial charge is 0.208 e. The molecule has 4 rings (SSSR count). The molecule has 3 aromatic rings. The van der Waals surface area contributed by atoms with E-state index in [0.29, 0.717) is 5.92 Å². The molecule has 0 N–H and O–H groups in total. The average molecular weight is 349 g/mol. The van der Waals surface area contributed by atoms with Crippen molar-refractivity contribution in [1.29, 1.82) is 0 Å². The largest absolute Gasteiger partial charge is 0.356 e. The van der Waals surface area contributed by atoms with Crippen LogP contribution in [-0.4, -0.2) is 34.8 Å². The Morgan fingerprint density at radius 2 is 2.04 bits per heavy atom. The van der Waals surface area contributed by atoms with Crippen molar-refractivity contribution < 1.29 is 0 Å². The number of thiazole rings is 1. The maximum atomic E-state index is 4.83. The van der Waals surface area contributed by atoms with Gasteiger partial charge in [0.05, 0.1) is 17.1 Å². The second kappa shape index (κ2) is 7.11. The van der Waals surface area contributed by atoms with Crippen molar-refractivity contribution in [3.8, 4) is 11.4 Å². The molecule has 1 fully saturated rings. The Balaban J connectivity index is 1.56. The topological polar surface area (TPSA) is 54.3 Å². The quantitative estimate of drug-likeness (QED) is 0.658. The van der Waals surface area contributed by atoms with E-state index in [1.807, 2.05) is 24.3 Å². The number of hydrogen-bond donors (Lipinski definition) is 0. The molecule has 0 radical (unpaired) electrons. The zero-order chi connectivity index (χ0) is 17.1. The van der Waals surface area contributed by atoms with E-state index < -0.39 is 0 Å². The summed E-state index contributed by atoms with van der Waals surface area (Å²) in [5.74, 6) is 1.42. The summed E-state index contributed by atoms with van der Waals surface area (Å²) in [5.41, 5.74) is 2.93. The molecule has 0 aromatic carbocycles. The molecule has 6 heteroatoms. The Morgan fingerprint density at radius 1 is 1.12 bits per heavy atom. The van der Waals surface area contributed by atoms with E-state index >= 15 is 0 Å². The zero-order valence-corrected chi connectivity index (χ0v) is 14.7. The van der Waals surface area contributed by atoms with Crippen LogP contribution < -0.4 is 4.90 Å². The molecule has 0 amide bonds. The number of aliphatic imine (C=N–C) groups is 1. The lowest BCUT2D eigenvalue weighted by Crippen LogP contribution is -2.35. The van der Waals surface area contributed by atoms with Crippen molar-refractivity contribution in [1.82, 2.24) is 15.0 Å². The van der Waals surface area contributed by atoms with Gasteiger partial charge in [-0.05, 0) is 43.8 Å². The molecule has 1 saturated heterocycles. The van der Waals surface area contributed by atoms with Crippen LogP contribution in [0, 0.1) is 0 Å². The second-order valence-corrected chi connectivity index (χ2v) is 6.93. The maximum absolute atomic E-state index is 4.83. The first-order valence-electron chi connectivity index (χ1n) is 8.39. The van der Waals surface area contributed by atoms with Gasteiger partial charge in [-0.3, -0.25) is 4.98 Å². The third kappa shape index (κ3) is 3.44. The van der Waals surface area contributed by atoms with E-state index in [-0.39, 0.29) is 0 Å². The third-order valence-corrected chi connectivity index (χ3v) is 5.26. The number of aromatic nitrogens is 3. The van der Waals surface area contributed by atoms with Crippen molar-refractivity contribution in [2.75, 3.05) is 18.0 Å². The fourth-order valence-corrected chi connectivity index (χ4v) is 3.92. The van der Waals surface area contributed by atoms with Crippen LogP contribution in [0.2, 0.25) is 0 Å². The highest BCUT2D eigenvalue weighted by molar-refractivity contribution is 7.13. The van der Waals surface area contributed by atoms with E-state index in [1.54, 1.807) is 17.5 Å². The summed E-state index contributed by atoms with van der Waals surface area (Å²) in [6.45, 7) is 5.51. The van der Waals surface area contributed by atoms with Gasteiger partial charge in [-0.1, -0.05) is 12.1 Å². The van der Waals surface area contributed by atoms with Gasteiger partial charge in [-0.25, -0.2) is 15.0 Å². The summed E-state index contributed by atoms with van der Waals surface area (Å²) in [6, 6.07) is 12.0. The molecular weight excluding hydrogens is 330 g/mol. The minimum Gasteiger partial charge on any atom is -0.356 e. The molecule has 4 heterocycles. The Morgan fingerprint density at radius 3 is 2.84 bits per heavy atom. The van der Waals surface area contributed by atoms with Gasteiger partial charge >= 0.3 is 0 Å². The molecule has 126 valence electrons. The van der Waals surface area contributed by atoms with Gasteiger partial charge in [-0.15, -0.1) is 11.3 Å². The summed E-state index contributed by atoms with van der Waals surface area (Å²) in [7, 11) is 0. The molecule has 0 saturated carbocycles. The van der Waals surface area contributed by atoms with Crippen LogP contribution in [0.5, 0.6) is 0 Å². The molecule has 3 aromatic heterocycles. The monoisotopic (exact) mass is 349 g/mol. The minimum absolute atomic E-state index is 0.417. The molecular formula is C19H19N5S. The van der Waals surface area contributed by atoms with Crippen molar-refractivity contribution in [2.24, 2.45) is 4.99 Å². The molecule has 1 atom stereocenters. The molecule has 1 aliphatic heterocycles. The van der Waals surface area contributed by atoms with Gasteiger partial charge in [0, 0.05) is 30.6 Å². The van der Waals surface area contributed by atoms with Crippen molar-refractivity contribution in [2.45, 2.75) is 18.8 Å². The minimum atomic E-state index is 0.417. The Kier molecular flexibility index (Phi) is 4.52. The van der Waals surface area contributed by atoms with E-state index in [1.165, 1.54) is 0 Å². The molecule has 25 heavy (non-hydrogen) atoms. The number of piperidine rings is 1. The van der Waals surface area contributed by atoms with Gasteiger partial charge in [0.25, 0.3) is 0 Å². The van der Waals surface area contributed by atoms with Gasteiger partial charge in [0.15, 0.2) is 0 Å². The molecule has 1 aliphatic rings. The standard InChI is InChI=1S/C19H19N5S/c1-20-19-23-17(13-25-19)14-6-5-11-24(12-14)18-9-4-8-16(22-18)15-7-2-3-10-21-15/h2-4,7-10,13-14H,1,5-6,11-12H2. The number of nitrogens with zero attached hydrogens (tertiary/aromatic N) is 5. The summed E-state index contributed by atoms with van der Waals surface area (Å²) in [6.07, 6.45) is 4.08. The maximum Gasteiger partial charge on any atom is 0.208 e. The molecule has 5 nitrogen and oxygen atoms in total. The third-order valence-electron chi connectivity index (χ3n) is 4.47. The number of anilines is 1. The van der Waals surface area contributed by atoms with Crippen LogP contribution in [0.1, 0.15) is 24.5 Å². The molecule has 0 aliphatic carbocycles. The van der Waals surface area contributed by atoms with Gasteiger partial charge in [0.1, 0.15) is 5.82 Å². The van der Waals surface area contributed by atoms with Crippen molar-refractivity contribution >= 4 is 29.0 Å². The summed E-state index contributed by atoms with van der Waals surface area (Å²) < 4.78 is 0. The van der Waals surface area contributed by atoms with Crippen molar-refractivity contribution in [3.05, 3.63) is 53.7 Å². The first-order valence-corrected chi connectivity index (χ1v) is 9.27. The highest BCUT2D eigenvalue weighted by atomic mass is 32.1. The fraction of sp³-hybridized carbons (Fsp3) is 0.263. The Hall–Kier alpha value is -2.60. The molecule has 0 bridgehead atoms. The zero-order valence-electron chi connectivity index (χ0n) is 13.9. The lowest BCUT2D eigenvalue weighted by atomic mass is 9.95.